The zero-order valence-corrected chi connectivity index (χ0v) is 9.80. The third-order valence-electron chi connectivity index (χ3n) is 2.05. The summed E-state index contributed by atoms with van der Waals surface area (Å²) < 4.78 is 5.29. The number of carboxylic acid groups (broad SMARTS) is 1. The number of hydrogen-bond acceptors (Lipinski definition) is 5. The summed E-state index contributed by atoms with van der Waals surface area (Å²) in [6.07, 6.45) is 0. The Balaban J connectivity index is 2.56. The number of aromatic carboxylic acids is 1. The van der Waals surface area contributed by atoms with Gasteiger partial charge in [0, 0.05) is 10.5 Å². The Hall–Kier alpha value is -2.02. The van der Waals surface area contributed by atoms with Crippen molar-refractivity contribution in [1.82, 2.24) is 5.16 Å². The van der Waals surface area contributed by atoms with Crippen molar-refractivity contribution in [1.29, 1.82) is 0 Å². The zero-order valence-electron chi connectivity index (χ0n) is 8.22. The molecule has 0 fully saturated rings. The Labute approximate surface area is 103 Å². The van der Waals surface area contributed by atoms with Crippen molar-refractivity contribution in [3.8, 4) is 22.8 Å². The van der Waals surface area contributed by atoms with Gasteiger partial charge in [0.25, 0.3) is 0 Å². The molecule has 0 atom stereocenters. The maximum atomic E-state index is 10.6. The van der Waals surface area contributed by atoms with Crippen LogP contribution in [0, 0.1) is 0 Å². The van der Waals surface area contributed by atoms with Crippen LogP contribution in [0.1, 0.15) is 10.5 Å². The van der Waals surface area contributed by atoms with Gasteiger partial charge in [0.15, 0.2) is 23.0 Å². The average Bonchev–Trinajstić information content (AvgIpc) is 2.72. The minimum Gasteiger partial charge on any atom is -0.504 e. The van der Waals surface area contributed by atoms with E-state index in [1.807, 2.05) is 0 Å². The first-order chi connectivity index (χ1) is 7.99. The summed E-state index contributed by atoms with van der Waals surface area (Å²) in [7, 11) is 0. The van der Waals surface area contributed by atoms with E-state index >= 15 is 0 Å². The highest BCUT2D eigenvalue weighted by atomic mass is 79.9. The predicted octanol–water partition coefficient (Wildman–Crippen LogP) is 2.21. The molecule has 2 rings (SSSR count). The molecule has 6 nitrogen and oxygen atoms in total. The third-order valence-corrected chi connectivity index (χ3v) is 2.51. The van der Waals surface area contributed by atoms with Crippen molar-refractivity contribution >= 4 is 21.9 Å². The molecule has 0 spiro atoms. The molecule has 88 valence electrons. The van der Waals surface area contributed by atoms with Gasteiger partial charge in [-0.05, 0) is 12.1 Å². The molecule has 1 aromatic carbocycles. The lowest BCUT2D eigenvalue weighted by Crippen LogP contribution is -1.94. The molecule has 0 bridgehead atoms. The van der Waals surface area contributed by atoms with E-state index in [0.29, 0.717) is 4.47 Å². The van der Waals surface area contributed by atoms with E-state index in [4.69, 9.17) is 9.63 Å². The minimum atomic E-state index is -1.24. The van der Waals surface area contributed by atoms with Gasteiger partial charge in [0.2, 0.25) is 0 Å². The van der Waals surface area contributed by atoms with E-state index < -0.39 is 11.7 Å². The molecule has 0 saturated carbocycles. The van der Waals surface area contributed by atoms with E-state index in [1.165, 1.54) is 12.1 Å². The first-order valence-electron chi connectivity index (χ1n) is 4.41. The molecule has 0 aliphatic rings. The topological polar surface area (TPSA) is 104 Å². The van der Waals surface area contributed by atoms with Gasteiger partial charge in [-0.3, -0.25) is 0 Å². The molecule has 1 aromatic heterocycles. The first-order valence-corrected chi connectivity index (χ1v) is 5.20. The Bertz CT molecular complexity index is 592. The maximum absolute atomic E-state index is 10.6. The van der Waals surface area contributed by atoms with Gasteiger partial charge in [-0.15, -0.1) is 0 Å². The molecule has 0 unspecified atom stereocenters. The second-order valence-corrected chi connectivity index (χ2v) is 4.12. The number of carbonyl (C=O) groups is 1. The van der Waals surface area contributed by atoms with Gasteiger partial charge >= 0.3 is 5.97 Å². The minimum absolute atomic E-state index is 0.0523. The van der Waals surface area contributed by atoms with Gasteiger partial charge in [0.05, 0.1) is 5.56 Å². The molecule has 1 heterocycles. The first kappa shape index (κ1) is 11.5. The summed E-state index contributed by atoms with van der Waals surface area (Å²) in [5, 5.41) is 31.0. The average molecular weight is 300 g/mol. The third kappa shape index (κ3) is 2.09. The predicted molar refractivity (Wildman–Crippen MR) is 59.9 cm³/mol. The number of benzene rings is 1. The largest absolute Gasteiger partial charge is 0.504 e. The van der Waals surface area contributed by atoms with E-state index in [9.17, 15) is 15.0 Å². The Morgan fingerprint density at radius 1 is 1.29 bits per heavy atom. The van der Waals surface area contributed by atoms with Crippen molar-refractivity contribution in [2.45, 2.75) is 0 Å². The molecular weight excluding hydrogens is 294 g/mol. The van der Waals surface area contributed by atoms with Gasteiger partial charge < -0.3 is 19.8 Å². The molecule has 7 heteroatoms. The molecule has 17 heavy (non-hydrogen) atoms. The highest BCUT2D eigenvalue weighted by Gasteiger charge is 2.17. The number of rotatable bonds is 2. The van der Waals surface area contributed by atoms with E-state index in [-0.39, 0.29) is 22.8 Å². The van der Waals surface area contributed by atoms with Crippen LogP contribution in [0.2, 0.25) is 0 Å². The van der Waals surface area contributed by atoms with Crippen LogP contribution in [-0.2, 0) is 0 Å². The van der Waals surface area contributed by atoms with Crippen LogP contribution in [0.5, 0.6) is 11.5 Å². The zero-order chi connectivity index (χ0) is 12.6. The number of phenolic OH excluding ortho intramolecular Hbond substituents is 2. The van der Waals surface area contributed by atoms with E-state index in [2.05, 4.69) is 21.1 Å². The lowest BCUT2D eigenvalue weighted by Gasteiger charge is -2.03. The molecule has 2 aromatic rings. The standard InChI is InChI=1S/C10H6BrNO5/c11-4-1-5(9(14)7(13)2-4)8-3-6(10(15)16)12-17-8/h1-3,13-14H,(H,15,16). The van der Waals surface area contributed by atoms with Gasteiger partial charge in [0.1, 0.15) is 0 Å². The highest BCUT2D eigenvalue weighted by Crippen LogP contribution is 2.39. The van der Waals surface area contributed by atoms with Crippen molar-refractivity contribution in [2.75, 3.05) is 0 Å². The lowest BCUT2D eigenvalue weighted by molar-refractivity contribution is 0.0686. The molecule has 3 N–H and O–H groups in total. The number of nitrogens with zero attached hydrogens (tertiary/aromatic N) is 1. The quantitative estimate of drug-likeness (QED) is 0.735. The van der Waals surface area contributed by atoms with Gasteiger partial charge in [-0.1, -0.05) is 21.1 Å². The fraction of sp³-hybridized carbons (Fsp3) is 0. The molecule has 0 aliphatic carbocycles. The Morgan fingerprint density at radius 3 is 2.59 bits per heavy atom. The van der Waals surface area contributed by atoms with Crippen LogP contribution < -0.4 is 0 Å². The molecule has 0 amide bonds. The molecule has 0 saturated heterocycles. The van der Waals surface area contributed by atoms with Crippen LogP contribution in [-0.4, -0.2) is 26.4 Å². The smallest absolute Gasteiger partial charge is 0.358 e. The van der Waals surface area contributed by atoms with Gasteiger partial charge in [-0.25, -0.2) is 4.79 Å². The number of aromatic hydroxyl groups is 2. The highest BCUT2D eigenvalue weighted by molar-refractivity contribution is 9.10. The van der Waals surface area contributed by atoms with Crippen molar-refractivity contribution < 1.29 is 24.6 Å². The van der Waals surface area contributed by atoms with Crippen molar-refractivity contribution in [2.24, 2.45) is 0 Å². The number of phenols is 2. The summed E-state index contributed by atoms with van der Waals surface area (Å²) in [5.41, 5.74) is -0.129. The lowest BCUT2D eigenvalue weighted by atomic mass is 10.1. The second-order valence-electron chi connectivity index (χ2n) is 3.20. The Morgan fingerprint density at radius 2 is 2.00 bits per heavy atom. The second kappa shape index (κ2) is 4.10. The van der Waals surface area contributed by atoms with E-state index in [1.54, 1.807) is 0 Å². The molecule has 0 aliphatic heterocycles. The molecule has 0 radical (unpaired) electrons. The fourth-order valence-corrected chi connectivity index (χ4v) is 1.72. The van der Waals surface area contributed by atoms with Crippen molar-refractivity contribution in [3.05, 3.63) is 28.4 Å². The normalized spacial score (nSPS) is 10.4. The number of carboxylic acids is 1. The number of aromatic nitrogens is 1. The summed E-state index contributed by atoms with van der Waals surface area (Å²) in [4.78, 5) is 10.6. The maximum Gasteiger partial charge on any atom is 0.358 e. The summed E-state index contributed by atoms with van der Waals surface area (Å²) in [5.74, 6) is -1.93. The Kier molecular flexibility index (Phi) is 2.76. The van der Waals surface area contributed by atoms with Gasteiger partial charge in [-0.2, -0.15) is 0 Å². The van der Waals surface area contributed by atoms with Crippen LogP contribution in [0.4, 0.5) is 0 Å². The van der Waals surface area contributed by atoms with Crippen LogP contribution in [0.15, 0.2) is 27.2 Å². The number of halogens is 1. The fourth-order valence-electron chi connectivity index (χ4n) is 1.28. The monoisotopic (exact) mass is 299 g/mol. The number of hydrogen-bond donors (Lipinski definition) is 3. The van der Waals surface area contributed by atoms with E-state index in [0.717, 1.165) is 6.07 Å². The summed E-state index contributed by atoms with van der Waals surface area (Å²) in [6.45, 7) is 0. The van der Waals surface area contributed by atoms with Crippen LogP contribution in [0.3, 0.4) is 0 Å². The van der Waals surface area contributed by atoms with Crippen LogP contribution >= 0.6 is 15.9 Å². The van der Waals surface area contributed by atoms with Crippen molar-refractivity contribution in [3.63, 3.8) is 0 Å². The SMILES string of the molecule is O=C(O)c1cc(-c2cc(Br)cc(O)c2O)on1. The van der Waals surface area contributed by atoms with Crippen LogP contribution in [0.25, 0.3) is 11.3 Å². The molecular formula is C10H6BrNO5. The summed E-state index contributed by atoms with van der Waals surface area (Å²) >= 11 is 3.13. The summed E-state index contributed by atoms with van der Waals surface area (Å²) in [6, 6.07) is 3.93.